The Balaban J connectivity index is -0.0000000443. The molecule has 0 fully saturated rings. The molecule has 0 amide bonds. The van der Waals surface area contributed by atoms with Gasteiger partial charge in [0.15, 0.2) is 0 Å². The van der Waals surface area contributed by atoms with Crippen molar-refractivity contribution in [3.05, 3.63) is 0 Å². The van der Waals surface area contributed by atoms with E-state index in [4.69, 9.17) is 30.6 Å². The van der Waals surface area contributed by atoms with Gasteiger partial charge in [-0.25, -0.2) is 0 Å². The third-order valence-corrected chi connectivity index (χ3v) is 2.19. The fraction of sp³-hybridized carbons (Fsp3) is 1.00. The maximum atomic E-state index is 8.14. The van der Waals surface area contributed by atoms with E-state index in [-0.39, 0.29) is 21.1 Å². The van der Waals surface area contributed by atoms with Crippen LogP contribution < -0.4 is 0 Å². The predicted octanol–water partition coefficient (Wildman–Crippen LogP) is 3.81. The largest absolute Gasteiger partial charge is 0.396 e. The molecule has 0 aliphatic heterocycles. The smallest absolute Gasteiger partial charge is 0.0453 e. The van der Waals surface area contributed by atoms with Crippen LogP contribution in [0.2, 0.25) is 0 Å². The van der Waals surface area contributed by atoms with Gasteiger partial charge in [-0.15, -0.1) is 0 Å². The van der Waals surface area contributed by atoms with E-state index < -0.39 is 0 Å². The average molecular weight is 629 g/mol. The Bertz CT molecular complexity index is 174. The van der Waals surface area contributed by atoms with Gasteiger partial charge in [0.25, 0.3) is 0 Å². The van der Waals surface area contributed by atoms with Crippen molar-refractivity contribution < 1.29 is 51.7 Å². The molecule has 0 radical (unpaired) electrons. The Morgan fingerprint density at radius 2 is 0.323 bits per heavy atom. The molecule has 0 bridgehead atoms. The maximum absolute atomic E-state index is 8.14. The number of hydrogen-bond acceptors (Lipinski definition) is 6. The number of hydrogen-bond donors (Lipinski definition) is 6. The molecule has 6 N–H and O–H groups in total. The van der Waals surface area contributed by atoms with Crippen LogP contribution >= 0.6 is 0 Å². The maximum Gasteiger partial charge on any atom is 0.0453 e. The van der Waals surface area contributed by atoms with E-state index in [0.717, 1.165) is 0 Å². The monoisotopic (exact) mass is 628 g/mol. The zero-order valence-corrected chi connectivity index (χ0v) is 25.7. The summed E-state index contributed by atoms with van der Waals surface area (Å²) in [5, 5.41) is 48.9. The third kappa shape index (κ3) is 159. The molecule has 7 heteroatoms. The van der Waals surface area contributed by atoms with E-state index in [2.05, 4.69) is 0 Å². The van der Waals surface area contributed by atoms with Crippen molar-refractivity contribution in [3.63, 3.8) is 0 Å². The van der Waals surface area contributed by atoms with Gasteiger partial charge < -0.3 is 30.6 Å². The van der Waals surface area contributed by atoms with Gasteiger partial charge in [0.05, 0.1) is 0 Å². The quantitative estimate of drug-likeness (QED) is 0.266. The van der Waals surface area contributed by atoms with E-state index in [1.54, 1.807) is 0 Å². The number of aliphatic hydroxyl groups excluding tert-OH is 6. The third-order valence-electron chi connectivity index (χ3n) is 2.19. The molecule has 0 aromatic rings. The first kappa shape index (κ1) is 48.8. The van der Waals surface area contributed by atoms with Gasteiger partial charge in [0.2, 0.25) is 0 Å². The zero-order valence-electron chi connectivity index (χ0n) is 22.8. The Kier molecular flexibility index (Phi) is 69.5. The summed E-state index contributed by atoms with van der Waals surface area (Å²) in [5.74, 6) is 2.64. The van der Waals surface area contributed by atoms with Crippen LogP contribution in [0.15, 0.2) is 0 Å². The second-order valence-corrected chi connectivity index (χ2v) is 9.46. The first-order valence-electron chi connectivity index (χ1n) is 11.3. The van der Waals surface area contributed by atoms with Gasteiger partial charge in [-0.3, -0.25) is 0 Å². The van der Waals surface area contributed by atoms with Gasteiger partial charge in [-0.2, -0.15) is 0 Å². The summed E-state index contributed by atoms with van der Waals surface area (Å²) in [4.78, 5) is 0. The molecule has 0 heterocycles. The molecular weight excluding hydrogens is 568 g/mol. The first-order valence-corrected chi connectivity index (χ1v) is 11.3. The van der Waals surface area contributed by atoms with Crippen LogP contribution in [-0.4, -0.2) is 70.3 Å². The van der Waals surface area contributed by atoms with Gasteiger partial charge >= 0.3 is 0 Å². The molecule has 0 spiro atoms. The number of aliphatic hydroxyl groups is 6. The normalized spacial score (nSPS) is 9.29. The van der Waals surface area contributed by atoms with Crippen molar-refractivity contribution in [2.45, 2.75) is 83.1 Å². The Morgan fingerprint density at radius 1 is 0.290 bits per heavy atom. The second-order valence-electron chi connectivity index (χ2n) is 9.46. The minimum absolute atomic E-state index is 0. The standard InChI is InChI=1S/6C4H10O.W/c6*1-4(2)3-5;/h6*4-5H,3H2,1-2H3;. The van der Waals surface area contributed by atoms with Crippen molar-refractivity contribution in [2.24, 2.45) is 35.5 Å². The van der Waals surface area contributed by atoms with E-state index in [1.807, 2.05) is 83.1 Å². The molecule has 6 nitrogen and oxygen atoms in total. The molecule has 0 saturated heterocycles. The summed E-state index contributed by atoms with van der Waals surface area (Å²) < 4.78 is 0. The summed E-state index contributed by atoms with van der Waals surface area (Å²) in [7, 11) is 0. The predicted molar refractivity (Wildman–Crippen MR) is 132 cm³/mol. The van der Waals surface area contributed by atoms with Crippen LogP contribution in [0.1, 0.15) is 83.1 Å². The van der Waals surface area contributed by atoms with Crippen molar-refractivity contribution in [2.75, 3.05) is 39.6 Å². The van der Waals surface area contributed by atoms with E-state index >= 15 is 0 Å². The van der Waals surface area contributed by atoms with Gasteiger partial charge in [0, 0.05) is 60.7 Å². The van der Waals surface area contributed by atoms with Gasteiger partial charge in [-0.1, -0.05) is 83.1 Å². The molecule has 0 unspecified atom stereocenters. The molecular formula is C24H60O6W. The Morgan fingerprint density at radius 3 is 0.323 bits per heavy atom. The molecule has 31 heavy (non-hydrogen) atoms. The van der Waals surface area contributed by atoms with Crippen LogP contribution in [0.25, 0.3) is 0 Å². The molecule has 0 aliphatic rings. The minimum atomic E-state index is 0. The van der Waals surface area contributed by atoms with Crippen molar-refractivity contribution in [1.82, 2.24) is 0 Å². The summed E-state index contributed by atoms with van der Waals surface area (Å²) in [6, 6.07) is 0. The Labute approximate surface area is 209 Å². The van der Waals surface area contributed by atoms with Crippen LogP contribution in [0, 0.1) is 35.5 Å². The van der Waals surface area contributed by atoms with Crippen molar-refractivity contribution in [3.8, 4) is 0 Å². The fourth-order valence-corrected chi connectivity index (χ4v) is 0. The second kappa shape index (κ2) is 44.2. The van der Waals surface area contributed by atoms with Gasteiger partial charge in [-0.05, 0) is 35.5 Å². The van der Waals surface area contributed by atoms with E-state index in [1.165, 1.54) is 0 Å². The molecule has 0 saturated carbocycles. The van der Waals surface area contributed by atoms with Crippen LogP contribution in [0.4, 0.5) is 0 Å². The average Bonchev–Trinajstić information content (AvgIpc) is 2.69. The first-order chi connectivity index (χ1) is 13.6. The molecule has 0 aliphatic carbocycles. The molecule has 198 valence electrons. The topological polar surface area (TPSA) is 121 Å². The van der Waals surface area contributed by atoms with Crippen molar-refractivity contribution >= 4 is 0 Å². The van der Waals surface area contributed by atoms with Crippen LogP contribution in [0.5, 0.6) is 0 Å². The SMILES string of the molecule is CC(C)CO.CC(C)CO.CC(C)CO.CC(C)CO.CC(C)CO.CC(C)CO.[W]. The molecule has 0 atom stereocenters. The van der Waals surface area contributed by atoms with Crippen LogP contribution in [-0.2, 0) is 21.1 Å². The van der Waals surface area contributed by atoms with E-state index in [0.29, 0.717) is 75.1 Å². The molecule has 0 aromatic heterocycles. The fourth-order valence-electron chi connectivity index (χ4n) is 0. The van der Waals surface area contributed by atoms with Gasteiger partial charge in [0.1, 0.15) is 0 Å². The van der Waals surface area contributed by atoms with Crippen LogP contribution in [0.3, 0.4) is 0 Å². The number of rotatable bonds is 6. The summed E-state index contributed by atoms with van der Waals surface area (Å²) in [6.45, 7) is 25.5. The minimum Gasteiger partial charge on any atom is -0.396 e. The summed E-state index contributed by atoms with van der Waals surface area (Å²) in [5.41, 5.74) is 0. The summed E-state index contributed by atoms with van der Waals surface area (Å²) >= 11 is 0. The van der Waals surface area contributed by atoms with Crippen molar-refractivity contribution in [1.29, 1.82) is 0 Å². The molecule has 0 rings (SSSR count). The van der Waals surface area contributed by atoms with E-state index in [9.17, 15) is 0 Å². The summed E-state index contributed by atoms with van der Waals surface area (Å²) in [6.07, 6.45) is 0. The zero-order chi connectivity index (χ0) is 25.7. The molecule has 0 aromatic carbocycles. The Hall–Kier alpha value is 0.448.